The Bertz CT molecular complexity index is 752. The number of likely N-dealkylation sites (tertiary alicyclic amines) is 1. The van der Waals surface area contributed by atoms with Crippen molar-refractivity contribution in [3.8, 4) is 0 Å². The minimum atomic E-state index is -0.168. The zero-order valence-electron chi connectivity index (χ0n) is 15.7. The third kappa shape index (κ3) is 2.65. The molecule has 3 atom stereocenters. The van der Waals surface area contributed by atoms with Crippen molar-refractivity contribution in [2.75, 3.05) is 11.4 Å². The molecule has 0 unspecified atom stereocenters. The van der Waals surface area contributed by atoms with Gasteiger partial charge in [-0.1, -0.05) is 20.8 Å². The van der Waals surface area contributed by atoms with E-state index in [0.29, 0.717) is 29.1 Å². The van der Waals surface area contributed by atoms with Crippen LogP contribution in [0, 0.1) is 17.3 Å². The molecular formula is C21H26N2O3. The summed E-state index contributed by atoms with van der Waals surface area (Å²) in [7, 11) is 0. The third-order valence-electron chi connectivity index (χ3n) is 6.83. The fourth-order valence-electron chi connectivity index (χ4n) is 4.97. The van der Waals surface area contributed by atoms with Crippen molar-refractivity contribution in [3.05, 3.63) is 29.8 Å². The van der Waals surface area contributed by atoms with Crippen molar-refractivity contribution in [2.24, 2.45) is 17.3 Å². The first-order chi connectivity index (χ1) is 12.3. The number of imide groups is 1. The van der Waals surface area contributed by atoms with Crippen molar-refractivity contribution in [1.82, 2.24) is 4.90 Å². The molecule has 0 spiro atoms. The highest BCUT2D eigenvalue weighted by molar-refractivity contribution is 6.19. The van der Waals surface area contributed by atoms with Gasteiger partial charge in [0.15, 0.2) is 0 Å². The number of carbonyl (C=O) groups excluding carboxylic acids is 3. The van der Waals surface area contributed by atoms with Crippen LogP contribution in [0.1, 0.15) is 56.8 Å². The van der Waals surface area contributed by atoms with E-state index in [-0.39, 0.29) is 36.0 Å². The van der Waals surface area contributed by atoms with E-state index in [1.54, 1.807) is 24.3 Å². The van der Waals surface area contributed by atoms with Gasteiger partial charge < -0.3 is 4.90 Å². The van der Waals surface area contributed by atoms with Crippen LogP contribution >= 0.6 is 0 Å². The number of amides is 3. The lowest BCUT2D eigenvalue weighted by atomic mass is 9.65. The maximum Gasteiger partial charge on any atom is 0.254 e. The summed E-state index contributed by atoms with van der Waals surface area (Å²) in [5.74, 6) is 0.920. The van der Waals surface area contributed by atoms with Gasteiger partial charge in [-0.3, -0.25) is 19.3 Å². The quantitative estimate of drug-likeness (QED) is 0.766. The minimum absolute atomic E-state index is 0.0630. The molecule has 5 heteroatoms. The lowest BCUT2D eigenvalue weighted by Crippen LogP contribution is -2.39. The number of carbonyl (C=O) groups is 3. The summed E-state index contributed by atoms with van der Waals surface area (Å²) in [4.78, 5) is 40.0. The zero-order chi connectivity index (χ0) is 18.6. The molecule has 3 fully saturated rings. The second-order valence-corrected chi connectivity index (χ2v) is 8.76. The normalized spacial score (nSPS) is 30.2. The van der Waals surface area contributed by atoms with Crippen LogP contribution in [0.2, 0.25) is 0 Å². The summed E-state index contributed by atoms with van der Waals surface area (Å²) in [5.41, 5.74) is 1.46. The van der Waals surface area contributed by atoms with Crippen LogP contribution in [0.25, 0.3) is 0 Å². The molecule has 1 aromatic carbocycles. The van der Waals surface area contributed by atoms with Gasteiger partial charge in [-0.05, 0) is 54.4 Å². The van der Waals surface area contributed by atoms with Crippen LogP contribution in [-0.2, 0) is 9.59 Å². The summed E-state index contributed by atoms with van der Waals surface area (Å²) in [5, 5.41) is 0. The number of hydrogen-bond acceptors (Lipinski definition) is 3. The van der Waals surface area contributed by atoms with Gasteiger partial charge in [0.2, 0.25) is 11.8 Å². The summed E-state index contributed by atoms with van der Waals surface area (Å²) in [6.07, 6.45) is 2.69. The second kappa shape index (κ2) is 5.93. The third-order valence-corrected chi connectivity index (χ3v) is 6.83. The van der Waals surface area contributed by atoms with Gasteiger partial charge in [0.1, 0.15) is 0 Å². The first kappa shape index (κ1) is 17.3. The van der Waals surface area contributed by atoms with Crippen LogP contribution in [0.4, 0.5) is 5.69 Å². The lowest BCUT2D eigenvalue weighted by Gasteiger charge is -2.40. The van der Waals surface area contributed by atoms with E-state index >= 15 is 0 Å². The highest BCUT2D eigenvalue weighted by Crippen LogP contribution is 2.49. The molecule has 0 N–H and O–H groups in total. The molecule has 5 nitrogen and oxygen atoms in total. The van der Waals surface area contributed by atoms with Gasteiger partial charge in [0.25, 0.3) is 5.91 Å². The molecule has 3 aliphatic rings. The fourth-order valence-corrected chi connectivity index (χ4v) is 4.97. The number of nitrogens with zero attached hydrogens (tertiary/aromatic N) is 2. The minimum Gasteiger partial charge on any atom is -0.335 e. The SMILES string of the molecule is C[C@@H]1[C@H]2C[C@@H](CC1(C)C)N(C(=O)c1ccc(N3C(=O)CCC3=O)cc1)C2. The smallest absolute Gasteiger partial charge is 0.254 e. The van der Waals surface area contributed by atoms with Crippen LogP contribution in [-0.4, -0.2) is 35.2 Å². The van der Waals surface area contributed by atoms with Crippen molar-refractivity contribution in [3.63, 3.8) is 0 Å². The number of fused-ring (bicyclic) bond motifs is 2. The van der Waals surface area contributed by atoms with Crippen LogP contribution < -0.4 is 4.90 Å². The van der Waals surface area contributed by atoms with Crippen LogP contribution in [0.3, 0.4) is 0 Å². The number of benzene rings is 1. The van der Waals surface area contributed by atoms with Crippen molar-refractivity contribution in [1.29, 1.82) is 0 Å². The Morgan fingerprint density at radius 2 is 1.69 bits per heavy atom. The first-order valence-corrected chi connectivity index (χ1v) is 9.55. The Balaban J connectivity index is 1.53. The van der Waals surface area contributed by atoms with Gasteiger partial charge in [-0.25, -0.2) is 0 Å². The predicted molar refractivity (Wildman–Crippen MR) is 98.7 cm³/mol. The lowest BCUT2D eigenvalue weighted by molar-refractivity contribution is -0.121. The van der Waals surface area contributed by atoms with E-state index in [4.69, 9.17) is 0 Å². The van der Waals surface area contributed by atoms with Gasteiger partial charge in [0.05, 0.1) is 5.69 Å². The van der Waals surface area contributed by atoms with Gasteiger partial charge in [-0.2, -0.15) is 0 Å². The van der Waals surface area contributed by atoms with E-state index < -0.39 is 0 Å². The number of rotatable bonds is 2. The maximum atomic E-state index is 13.0. The highest BCUT2D eigenvalue weighted by atomic mass is 16.2. The highest BCUT2D eigenvalue weighted by Gasteiger charge is 2.48. The summed E-state index contributed by atoms with van der Waals surface area (Å²) < 4.78 is 0. The molecule has 0 radical (unpaired) electrons. The van der Waals surface area contributed by atoms with Crippen molar-refractivity contribution in [2.45, 2.75) is 52.5 Å². The number of hydrogen-bond donors (Lipinski definition) is 0. The molecule has 1 aromatic rings. The molecule has 0 aromatic heterocycles. The second-order valence-electron chi connectivity index (χ2n) is 8.76. The summed E-state index contributed by atoms with van der Waals surface area (Å²) >= 11 is 0. The van der Waals surface area contributed by atoms with E-state index in [1.165, 1.54) is 4.90 Å². The Morgan fingerprint density at radius 1 is 1.08 bits per heavy atom. The Labute approximate surface area is 154 Å². The molecule has 26 heavy (non-hydrogen) atoms. The average Bonchev–Trinajstić information content (AvgIpc) is 3.13. The van der Waals surface area contributed by atoms with Gasteiger partial charge in [-0.15, -0.1) is 0 Å². The predicted octanol–water partition coefficient (Wildman–Crippen LogP) is 3.24. The molecular weight excluding hydrogens is 328 g/mol. The maximum absolute atomic E-state index is 13.0. The molecule has 2 aliphatic heterocycles. The number of anilines is 1. The molecule has 2 bridgehead atoms. The molecule has 2 saturated heterocycles. The monoisotopic (exact) mass is 354 g/mol. The largest absolute Gasteiger partial charge is 0.335 e. The summed E-state index contributed by atoms with van der Waals surface area (Å²) in [6, 6.07) is 7.23. The van der Waals surface area contributed by atoms with Crippen LogP contribution in [0.5, 0.6) is 0 Å². The van der Waals surface area contributed by atoms with Crippen molar-refractivity contribution >= 4 is 23.4 Å². The Morgan fingerprint density at radius 3 is 2.31 bits per heavy atom. The van der Waals surface area contributed by atoms with Crippen molar-refractivity contribution < 1.29 is 14.4 Å². The van der Waals surface area contributed by atoms with E-state index in [0.717, 1.165) is 19.4 Å². The van der Waals surface area contributed by atoms with E-state index in [2.05, 4.69) is 20.8 Å². The standard InChI is InChI=1S/C21H26N2O3/c1-13-15-10-17(11-21(13,2)3)22(12-15)20(26)14-4-6-16(7-5-14)23-18(24)8-9-19(23)25/h4-7,13,15,17H,8-12H2,1-3H3/t13-,15+,17+/m1/s1. The fraction of sp³-hybridized carbons (Fsp3) is 0.571. The molecule has 138 valence electrons. The van der Waals surface area contributed by atoms with Gasteiger partial charge in [0, 0.05) is 31.0 Å². The average molecular weight is 354 g/mol. The topological polar surface area (TPSA) is 57.7 Å². The molecule has 1 aliphatic carbocycles. The Kier molecular flexibility index (Phi) is 3.94. The first-order valence-electron chi connectivity index (χ1n) is 9.55. The molecule has 3 amide bonds. The Hall–Kier alpha value is -2.17. The summed E-state index contributed by atoms with van der Waals surface area (Å²) in [6.45, 7) is 7.76. The van der Waals surface area contributed by atoms with E-state index in [1.807, 2.05) is 4.90 Å². The molecule has 1 saturated carbocycles. The van der Waals surface area contributed by atoms with E-state index in [9.17, 15) is 14.4 Å². The zero-order valence-corrected chi connectivity index (χ0v) is 15.7. The molecule has 4 rings (SSSR count). The van der Waals surface area contributed by atoms with Crippen LogP contribution in [0.15, 0.2) is 24.3 Å². The van der Waals surface area contributed by atoms with Gasteiger partial charge >= 0.3 is 0 Å². The molecule has 2 heterocycles.